The topological polar surface area (TPSA) is 116 Å². The Hall–Kier alpha value is -2.41. The average molecular weight is 364 g/mol. The number of hydrogen-bond donors (Lipinski definition) is 4. The quantitative estimate of drug-likeness (QED) is 0.477. The number of ketones is 1. The molecule has 0 aliphatic heterocycles. The van der Waals surface area contributed by atoms with Crippen molar-refractivity contribution in [3.05, 3.63) is 35.9 Å². The number of amides is 2. The summed E-state index contributed by atoms with van der Waals surface area (Å²) in [4.78, 5) is 35.4. The van der Waals surface area contributed by atoms with Gasteiger partial charge < -0.3 is 20.8 Å². The van der Waals surface area contributed by atoms with Gasteiger partial charge in [0, 0.05) is 0 Å². The molecule has 1 aromatic rings. The number of hydrogen-bond acceptors (Lipinski definition) is 4. The van der Waals surface area contributed by atoms with Crippen LogP contribution in [0.4, 0.5) is 4.79 Å². The Kier molecular flexibility index (Phi) is 9.36. The van der Waals surface area contributed by atoms with E-state index in [4.69, 9.17) is 10.2 Å². The van der Waals surface area contributed by atoms with Crippen molar-refractivity contribution in [3.63, 3.8) is 0 Å². The minimum atomic E-state index is -1.29. The van der Waals surface area contributed by atoms with E-state index < -0.39 is 36.5 Å². The fourth-order valence-corrected chi connectivity index (χ4v) is 2.57. The number of rotatable bonds is 11. The molecule has 0 aromatic heterocycles. The van der Waals surface area contributed by atoms with Crippen LogP contribution in [0.5, 0.6) is 0 Å². The normalized spacial score (nSPS) is 13.1. The number of aryl methyl sites for hydroxylation is 1. The second kappa shape index (κ2) is 11.3. The van der Waals surface area contributed by atoms with Crippen LogP contribution in [0.3, 0.4) is 0 Å². The molecule has 0 spiro atoms. The van der Waals surface area contributed by atoms with Gasteiger partial charge in [-0.25, -0.2) is 4.79 Å². The first-order chi connectivity index (χ1) is 12.3. The molecule has 0 saturated heterocycles. The van der Waals surface area contributed by atoms with E-state index in [2.05, 4.69) is 10.6 Å². The largest absolute Gasteiger partial charge is 0.465 e. The van der Waals surface area contributed by atoms with Gasteiger partial charge in [0.15, 0.2) is 5.78 Å². The van der Waals surface area contributed by atoms with E-state index in [1.165, 1.54) is 0 Å². The number of carbonyl (C=O) groups excluding carboxylic acids is 2. The van der Waals surface area contributed by atoms with Crippen LogP contribution in [-0.4, -0.2) is 46.7 Å². The molecule has 0 saturated carbocycles. The van der Waals surface area contributed by atoms with Crippen molar-refractivity contribution in [1.29, 1.82) is 0 Å². The summed E-state index contributed by atoms with van der Waals surface area (Å²) in [6.07, 6.45) is 0.609. The lowest BCUT2D eigenvalue weighted by Crippen LogP contribution is -2.52. The number of Topliss-reactive ketones (excluding diaryl/α,β-unsaturated/α-hetero) is 1. The van der Waals surface area contributed by atoms with Crippen molar-refractivity contribution in [3.8, 4) is 0 Å². The van der Waals surface area contributed by atoms with Crippen molar-refractivity contribution < 1.29 is 24.6 Å². The summed E-state index contributed by atoms with van der Waals surface area (Å²) >= 11 is 0. The molecule has 2 amide bonds. The smallest absolute Gasteiger partial charge is 0.405 e. The Morgan fingerprint density at radius 2 is 1.62 bits per heavy atom. The van der Waals surface area contributed by atoms with Gasteiger partial charge >= 0.3 is 6.09 Å². The van der Waals surface area contributed by atoms with Crippen molar-refractivity contribution in [1.82, 2.24) is 10.6 Å². The molecule has 26 heavy (non-hydrogen) atoms. The van der Waals surface area contributed by atoms with E-state index in [1.54, 1.807) is 0 Å². The highest BCUT2D eigenvalue weighted by Gasteiger charge is 2.26. The molecule has 2 unspecified atom stereocenters. The first-order valence-corrected chi connectivity index (χ1v) is 8.80. The Bertz CT molecular complexity index is 589. The van der Waals surface area contributed by atoms with Crippen LogP contribution < -0.4 is 10.6 Å². The zero-order valence-corrected chi connectivity index (χ0v) is 15.3. The van der Waals surface area contributed by atoms with Crippen LogP contribution >= 0.6 is 0 Å². The minimum Gasteiger partial charge on any atom is -0.465 e. The second-order valence-corrected chi connectivity index (χ2v) is 6.68. The van der Waals surface area contributed by atoms with Gasteiger partial charge in [-0.3, -0.25) is 9.59 Å². The first kappa shape index (κ1) is 21.6. The Morgan fingerprint density at radius 3 is 2.15 bits per heavy atom. The molecule has 0 bridgehead atoms. The number of nitrogens with one attached hydrogen (secondary N) is 2. The van der Waals surface area contributed by atoms with Gasteiger partial charge in [0.05, 0.1) is 6.04 Å². The average Bonchev–Trinajstić information content (AvgIpc) is 2.61. The molecule has 0 fully saturated rings. The third kappa shape index (κ3) is 8.11. The highest BCUT2D eigenvalue weighted by molar-refractivity contribution is 5.92. The molecule has 144 valence electrons. The van der Waals surface area contributed by atoms with E-state index in [-0.39, 0.29) is 0 Å². The molecule has 1 rings (SSSR count). The van der Waals surface area contributed by atoms with Gasteiger partial charge in [0.25, 0.3) is 0 Å². The van der Waals surface area contributed by atoms with Crippen molar-refractivity contribution in [2.24, 2.45) is 5.92 Å². The number of carboxylic acid groups (broad SMARTS) is 1. The van der Waals surface area contributed by atoms with Crippen molar-refractivity contribution in [2.45, 2.75) is 51.6 Å². The van der Waals surface area contributed by atoms with Crippen LogP contribution in [0.15, 0.2) is 30.3 Å². The van der Waals surface area contributed by atoms with E-state index in [0.29, 0.717) is 31.6 Å². The van der Waals surface area contributed by atoms with Crippen molar-refractivity contribution >= 4 is 17.8 Å². The second-order valence-electron chi connectivity index (χ2n) is 6.68. The van der Waals surface area contributed by atoms with Crippen LogP contribution in [-0.2, 0) is 16.0 Å². The highest BCUT2D eigenvalue weighted by atomic mass is 16.4. The predicted molar refractivity (Wildman–Crippen MR) is 97.8 cm³/mol. The molecule has 0 aliphatic rings. The molecule has 0 radical (unpaired) electrons. The molecule has 4 N–H and O–H groups in total. The molecular weight excluding hydrogens is 336 g/mol. The summed E-state index contributed by atoms with van der Waals surface area (Å²) in [7, 11) is 0. The predicted octanol–water partition coefficient (Wildman–Crippen LogP) is 1.74. The summed E-state index contributed by atoms with van der Waals surface area (Å²) in [5.74, 6) is -0.728. The third-order valence-electron chi connectivity index (χ3n) is 4.07. The number of aliphatic hydroxyl groups is 1. The summed E-state index contributed by atoms with van der Waals surface area (Å²) in [6.45, 7) is 3.28. The number of carbonyl (C=O) groups is 3. The highest BCUT2D eigenvalue weighted by Crippen LogP contribution is 2.09. The maximum Gasteiger partial charge on any atom is 0.405 e. The maximum atomic E-state index is 12.5. The molecule has 0 aliphatic carbocycles. The SMILES string of the molecule is CC(C)CCC(NC(=O)O)C(=O)NC(CCc1ccccc1)C(=O)CO. The van der Waals surface area contributed by atoms with Crippen LogP contribution in [0.2, 0.25) is 0 Å². The van der Waals surface area contributed by atoms with Gasteiger partial charge in [-0.05, 0) is 37.2 Å². The number of aliphatic hydroxyl groups excluding tert-OH is 1. The minimum absolute atomic E-state index is 0.314. The van der Waals surface area contributed by atoms with Gasteiger partial charge in [0.2, 0.25) is 5.91 Å². The Labute approximate surface area is 153 Å². The zero-order chi connectivity index (χ0) is 19.5. The van der Waals surface area contributed by atoms with Gasteiger partial charge in [-0.2, -0.15) is 0 Å². The lowest BCUT2D eigenvalue weighted by atomic mass is 10.00. The van der Waals surface area contributed by atoms with Crippen LogP contribution in [0, 0.1) is 5.92 Å². The number of benzene rings is 1. The third-order valence-corrected chi connectivity index (χ3v) is 4.07. The van der Waals surface area contributed by atoms with Crippen LogP contribution in [0.25, 0.3) is 0 Å². The lowest BCUT2D eigenvalue weighted by Gasteiger charge is -2.22. The van der Waals surface area contributed by atoms with E-state index >= 15 is 0 Å². The summed E-state index contributed by atoms with van der Waals surface area (Å²) < 4.78 is 0. The molecule has 7 heteroatoms. The molecular formula is C19H28N2O5. The standard InChI is InChI=1S/C19H28N2O5/c1-13(2)8-10-16(21-19(25)26)18(24)20-15(17(23)12-22)11-9-14-6-4-3-5-7-14/h3-7,13,15-16,21-22H,8-12H2,1-2H3,(H,20,24)(H,25,26). The van der Waals surface area contributed by atoms with Crippen molar-refractivity contribution in [2.75, 3.05) is 6.61 Å². The molecule has 1 aromatic carbocycles. The fourth-order valence-electron chi connectivity index (χ4n) is 2.57. The van der Waals surface area contributed by atoms with Gasteiger partial charge in [-0.1, -0.05) is 44.2 Å². The zero-order valence-electron chi connectivity index (χ0n) is 15.3. The summed E-state index contributed by atoms with van der Waals surface area (Å²) in [5, 5.41) is 22.9. The lowest BCUT2D eigenvalue weighted by molar-refractivity contribution is -0.130. The van der Waals surface area contributed by atoms with Gasteiger partial charge in [-0.15, -0.1) is 0 Å². The Balaban J connectivity index is 2.74. The van der Waals surface area contributed by atoms with Gasteiger partial charge in [0.1, 0.15) is 12.6 Å². The molecule has 0 heterocycles. The summed E-state index contributed by atoms with van der Waals surface area (Å²) in [6, 6.07) is 7.70. The first-order valence-electron chi connectivity index (χ1n) is 8.80. The molecule has 2 atom stereocenters. The van der Waals surface area contributed by atoms with E-state index in [1.807, 2.05) is 44.2 Å². The fraction of sp³-hybridized carbons (Fsp3) is 0.526. The molecule has 7 nitrogen and oxygen atoms in total. The maximum absolute atomic E-state index is 12.5. The monoisotopic (exact) mass is 364 g/mol. The van der Waals surface area contributed by atoms with Crippen LogP contribution in [0.1, 0.15) is 38.7 Å². The van der Waals surface area contributed by atoms with E-state index in [0.717, 1.165) is 5.56 Å². The van der Waals surface area contributed by atoms with E-state index in [9.17, 15) is 14.4 Å². The summed E-state index contributed by atoms with van der Waals surface area (Å²) in [5.41, 5.74) is 1.01. The Morgan fingerprint density at radius 1 is 0.962 bits per heavy atom.